The predicted octanol–water partition coefficient (Wildman–Crippen LogP) is 1.56. The molecule has 1 unspecified atom stereocenters. The highest BCUT2D eigenvalue weighted by Gasteiger charge is 2.24. The highest BCUT2D eigenvalue weighted by atomic mass is 16.2. The Labute approximate surface area is 103 Å². The van der Waals surface area contributed by atoms with E-state index in [2.05, 4.69) is 11.9 Å². The van der Waals surface area contributed by atoms with Crippen LogP contribution in [0.2, 0.25) is 0 Å². The van der Waals surface area contributed by atoms with Gasteiger partial charge in [-0.05, 0) is 19.5 Å². The van der Waals surface area contributed by atoms with Crippen molar-refractivity contribution < 1.29 is 4.79 Å². The third-order valence-electron chi connectivity index (χ3n) is 3.48. The number of hydrogen-bond acceptors (Lipinski definition) is 2. The first kappa shape index (κ1) is 12.1. The molecule has 3 nitrogen and oxygen atoms in total. The molecule has 2 rings (SSSR count). The van der Waals surface area contributed by atoms with Gasteiger partial charge in [-0.25, -0.2) is 0 Å². The predicted molar refractivity (Wildman–Crippen MR) is 68.9 cm³/mol. The number of amides is 1. The number of benzene rings is 1. The van der Waals surface area contributed by atoms with Gasteiger partial charge in [0.15, 0.2) is 0 Å². The van der Waals surface area contributed by atoms with Crippen LogP contribution in [0.1, 0.15) is 18.4 Å². The monoisotopic (exact) mass is 232 g/mol. The van der Waals surface area contributed by atoms with Crippen LogP contribution in [-0.4, -0.2) is 48.9 Å². The number of carbonyl (C=O) groups excluding carboxylic acids is 1. The quantitative estimate of drug-likeness (QED) is 0.772. The molecule has 1 aromatic carbocycles. The molecule has 1 fully saturated rings. The zero-order chi connectivity index (χ0) is 12.3. The van der Waals surface area contributed by atoms with Gasteiger partial charge in [-0.2, -0.15) is 0 Å². The van der Waals surface area contributed by atoms with Crippen LogP contribution in [-0.2, 0) is 4.79 Å². The Bertz CT molecular complexity index is 369. The molecule has 1 atom stereocenters. The maximum atomic E-state index is 12.3. The number of carbonyl (C=O) groups is 1. The van der Waals surface area contributed by atoms with Crippen LogP contribution >= 0.6 is 0 Å². The molecule has 0 radical (unpaired) electrons. The van der Waals surface area contributed by atoms with Gasteiger partial charge >= 0.3 is 0 Å². The van der Waals surface area contributed by atoms with Crippen LogP contribution < -0.4 is 0 Å². The average molecular weight is 232 g/mol. The average Bonchev–Trinajstić information content (AvgIpc) is 2.39. The molecule has 1 saturated heterocycles. The Hall–Kier alpha value is -1.35. The van der Waals surface area contributed by atoms with Gasteiger partial charge < -0.3 is 9.80 Å². The summed E-state index contributed by atoms with van der Waals surface area (Å²) in [6.45, 7) is 5.66. The third kappa shape index (κ3) is 2.86. The topological polar surface area (TPSA) is 23.6 Å². The second-order valence-corrected chi connectivity index (χ2v) is 4.76. The fourth-order valence-corrected chi connectivity index (χ4v) is 2.18. The molecule has 0 aliphatic carbocycles. The summed E-state index contributed by atoms with van der Waals surface area (Å²) in [7, 11) is 2.10. The molecular weight excluding hydrogens is 212 g/mol. The first-order valence-electron chi connectivity index (χ1n) is 6.21. The van der Waals surface area contributed by atoms with Crippen LogP contribution in [0.15, 0.2) is 30.3 Å². The van der Waals surface area contributed by atoms with E-state index >= 15 is 0 Å². The summed E-state index contributed by atoms with van der Waals surface area (Å²) in [5.41, 5.74) is 1.11. The largest absolute Gasteiger partial charge is 0.340 e. The maximum absolute atomic E-state index is 12.3. The lowest BCUT2D eigenvalue weighted by molar-refractivity contribution is -0.134. The number of nitrogens with zero attached hydrogens (tertiary/aromatic N) is 2. The van der Waals surface area contributed by atoms with Crippen molar-refractivity contribution in [2.45, 2.75) is 12.8 Å². The molecule has 92 valence electrons. The maximum Gasteiger partial charge on any atom is 0.229 e. The van der Waals surface area contributed by atoms with Gasteiger partial charge in [0.1, 0.15) is 0 Å². The molecular formula is C14H20N2O. The Balaban J connectivity index is 2.00. The lowest BCUT2D eigenvalue weighted by Gasteiger charge is -2.34. The van der Waals surface area contributed by atoms with E-state index in [0.717, 1.165) is 31.7 Å². The molecule has 1 aromatic rings. The van der Waals surface area contributed by atoms with E-state index in [-0.39, 0.29) is 11.8 Å². The minimum absolute atomic E-state index is 0.0281. The molecule has 1 aliphatic rings. The summed E-state index contributed by atoms with van der Waals surface area (Å²) in [4.78, 5) is 16.6. The summed E-state index contributed by atoms with van der Waals surface area (Å²) < 4.78 is 0. The smallest absolute Gasteiger partial charge is 0.229 e. The molecule has 1 aliphatic heterocycles. The van der Waals surface area contributed by atoms with Crippen LogP contribution in [0, 0.1) is 0 Å². The van der Waals surface area contributed by atoms with Crippen LogP contribution in [0.25, 0.3) is 0 Å². The van der Waals surface area contributed by atoms with Crippen molar-refractivity contribution in [3.05, 3.63) is 35.9 Å². The minimum Gasteiger partial charge on any atom is -0.340 e. The zero-order valence-corrected chi connectivity index (χ0v) is 10.6. The second kappa shape index (κ2) is 5.32. The summed E-state index contributed by atoms with van der Waals surface area (Å²) in [6.07, 6.45) is 0. The number of rotatable bonds is 2. The normalized spacial score (nSPS) is 19.1. The lowest BCUT2D eigenvalue weighted by Crippen LogP contribution is -2.48. The third-order valence-corrected chi connectivity index (χ3v) is 3.48. The molecule has 1 heterocycles. The van der Waals surface area contributed by atoms with E-state index in [9.17, 15) is 4.79 Å². The molecule has 0 spiro atoms. The van der Waals surface area contributed by atoms with Crippen LogP contribution in [0.3, 0.4) is 0 Å². The molecule has 17 heavy (non-hydrogen) atoms. The van der Waals surface area contributed by atoms with Crippen LogP contribution in [0.5, 0.6) is 0 Å². The van der Waals surface area contributed by atoms with Crippen molar-refractivity contribution in [3.8, 4) is 0 Å². The van der Waals surface area contributed by atoms with Crippen molar-refractivity contribution in [1.29, 1.82) is 0 Å². The van der Waals surface area contributed by atoms with Gasteiger partial charge in [-0.3, -0.25) is 4.79 Å². The Morgan fingerprint density at radius 3 is 2.29 bits per heavy atom. The zero-order valence-electron chi connectivity index (χ0n) is 10.6. The number of hydrogen-bond donors (Lipinski definition) is 0. The molecule has 1 amide bonds. The highest BCUT2D eigenvalue weighted by molar-refractivity contribution is 5.83. The first-order valence-corrected chi connectivity index (χ1v) is 6.21. The summed E-state index contributed by atoms with van der Waals surface area (Å²) >= 11 is 0. The van der Waals surface area contributed by atoms with Gasteiger partial charge in [0, 0.05) is 26.2 Å². The Morgan fingerprint density at radius 1 is 1.12 bits per heavy atom. The molecule has 0 saturated carbocycles. The molecule has 0 N–H and O–H groups in total. The van der Waals surface area contributed by atoms with Gasteiger partial charge in [0.2, 0.25) is 5.91 Å². The molecule has 3 heteroatoms. The van der Waals surface area contributed by atoms with E-state index in [1.54, 1.807) is 0 Å². The lowest BCUT2D eigenvalue weighted by atomic mass is 9.99. The molecule has 0 aromatic heterocycles. The van der Waals surface area contributed by atoms with Gasteiger partial charge in [0.05, 0.1) is 5.92 Å². The SMILES string of the molecule is CC(C(=O)N1CCN(C)CC1)c1ccccc1. The summed E-state index contributed by atoms with van der Waals surface area (Å²) in [5, 5.41) is 0. The number of likely N-dealkylation sites (N-methyl/N-ethyl adjacent to an activating group) is 1. The Morgan fingerprint density at radius 2 is 1.71 bits per heavy atom. The van der Waals surface area contributed by atoms with E-state index < -0.39 is 0 Å². The second-order valence-electron chi connectivity index (χ2n) is 4.76. The fraction of sp³-hybridized carbons (Fsp3) is 0.500. The summed E-state index contributed by atoms with van der Waals surface area (Å²) in [5.74, 6) is 0.226. The van der Waals surface area contributed by atoms with Gasteiger partial charge in [-0.15, -0.1) is 0 Å². The van der Waals surface area contributed by atoms with Crippen molar-refractivity contribution in [3.63, 3.8) is 0 Å². The summed E-state index contributed by atoms with van der Waals surface area (Å²) in [6, 6.07) is 10.0. The standard InChI is InChI=1S/C14H20N2O/c1-12(13-6-4-3-5-7-13)14(17)16-10-8-15(2)9-11-16/h3-7,12H,8-11H2,1-2H3. The van der Waals surface area contributed by atoms with Crippen molar-refractivity contribution in [2.24, 2.45) is 0 Å². The van der Waals surface area contributed by atoms with Gasteiger partial charge in [0.25, 0.3) is 0 Å². The number of piperazine rings is 1. The van der Waals surface area contributed by atoms with Crippen molar-refractivity contribution >= 4 is 5.91 Å². The highest BCUT2D eigenvalue weighted by Crippen LogP contribution is 2.18. The van der Waals surface area contributed by atoms with E-state index in [1.807, 2.05) is 42.2 Å². The molecule has 0 bridgehead atoms. The van der Waals surface area contributed by atoms with E-state index in [1.165, 1.54) is 0 Å². The van der Waals surface area contributed by atoms with E-state index in [4.69, 9.17) is 0 Å². The van der Waals surface area contributed by atoms with E-state index in [0.29, 0.717) is 0 Å². The fourth-order valence-electron chi connectivity index (χ4n) is 2.18. The van der Waals surface area contributed by atoms with Crippen molar-refractivity contribution in [2.75, 3.05) is 33.2 Å². The minimum atomic E-state index is -0.0281. The first-order chi connectivity index (χ1) is 8.18. The van der Waals surface area contributed by atoms with Crippen molar-refractivity contribution in [1.82, 2.24) is 9.80 Å². The Kier molecular flexibility index (Phi) is 3.79. The van der Waals surface area contributed by atoms with Crippen LogP contribution in [0.4, 0.5) is 0 Å². The van der Waals surface area contributed by atoms with Gasteiger partial charge in [-0.1, -0.05) is 30.3 Å².